The maximum Gasteiger partial charge on any atom is 0.410 e. The molecule has 2 heterocycles. The fraction of sp³-hybridized carbons (Fsp3) is 0.400. The largest absolute Gasteiger partial charge is 0.461 e. The van der Waals surface area contributed by atoms with Gasteiger partial charge in [-0.25, -0.2) is 9.59 Å². The molecule has 1 aromatic heterocycles. The van der Waals surface area contributed by atoms with Crippen LogP contribution in [0.15, 0.2) is 54.6 Å². The number of esters is 1. The number of rotatable bonds is 6. The number of carbonyl (C=O) groups excluding carboxylic acids is 2. The van der Waals surface area contributed by atoms with Gasteiger partial charge in [0, 0.05) is 18.7 Å². The Morgan fingerprint density at radius 2 is 1.74 bits per heavy atom. The predicted octanol–water partition coefficient (Wildman–Crippen LogP) is 6.35. The molecule has 9 heteroatoms. The van der Waals surface area contributed by atoms with Crippen LogP contribution in [0, 0.1) is 11.3 Å². The lowest BCUT2D eigenvalue weighted by molar-refractivity contribution is 0.0234. The Balaban J connectivity index is 1.69. The van der Waals surface area contributed by atoms with E-state index in [-0.39, 0.29) is 23.9 Å². The molecule has 0 aliphatic carbocycles. The number of benzene rings is 2. The van der Waals surface area contributed by atoms with Crippen molar-refractivity contribution >= 4 is 12.1 Å². The Bertz CT molecular complexity index is 1340. The van der Waals surface area contributed by atoms with Crippen molar-refractivity contribution < 1.29 is 23.8 Å². The zero-order chi connectivity index (χ0) is 28.0. The number of para-hydroxylation sites is 1. The number of likely N-dealkylation sites (tertiary alicyclic amines) is 1. The number of ether oxygens (including phenoxy) is 3. The van der Waals surface area contributed by atoms with Gasteiger partial charge >= 0.3 is 12.1 Å². The third-order valence-corrected chi connectivity index (χ3v) is 6.24. The van der Waals surface area contributed by atoms with Gasteiger partial charge in [0.15, 0.2) is 5.69 Å². The number of amides is 1. The lowest BCUT2D eigenvalue weighted by Crippen LogP contribution is -2.40. The van der Waals surface area contributed by atoms with Gasteiger partial charge in [0.1, 0.15) is 34.4 Å². The van der Waals surface area contributed by atoms with Gasteiger partial charge in [0.25, 0.3) is 0 Å². The van der Waals surface area contributed by atoms with Crippen LogP contribution in [0.5, 0.6) is 11.5 Å². The van der Waals surface area contributed by atoms with Gasteiger partial charge in [-0.1, -0.05) is 18.2 Å². The molecular formula is C30H34N4O5. The molecule has 0 bridgehead atoms. The van der Waals surface area contributed by atoms with E-state index in [4.69, 9.17) is 19.3 Å². The van der Waals surface area contributed by atoms with Gasteiger partial charge in [-0.2, -0.15) is 10.4 Å². The second-order valence-corrected chi connectivity index (χ2v) is 10.4. The van der Waals surface area contributed by atoms with Crippen LogP contribution >= 0.6 is 0 Å². The van der Waals surface area contributed by atoms with Crippen LogP contribution in [0.4, 0.5) is 4.79 Å². The Labute approximate surface area is 228 Å². The SMILES string of the molecule is CCOC(=O)c1c(C#N)c(-c2ccc(Oc3ccccc3)cc2)nn1C1CCCCN(C(=O)OC(C)(C)C)C1. The van der Waals surface area contributed by atoms with E-state index < -0.39 is 17.7 Å². The molecule has 4 rings (SSSR count). The summed E-state index contributed by atoms with van der Waals surface area (Å²) < 4.78 is 18.4. The second kappa shape index (κ2) is 12.0. The fourth-order valence-corrected chi connectivity index (χ4v) is 4.52. The van der Waals surface area contributed by atoms with Gasteiger partial charge in [0.2, 0.25) is 0 Å². The van der Waals surface area contributed by atoms with Gasteiger partial charge in [-0.3, -0.25) is 4.68 Å². The Morgan fingerprint density at radius 1 is 1.05 bits per heavy atom. The van der Waals surface area contributed by atoms with Gasteiger partial charge in [-0.15, -0.1) is 0 Å². The third kappa shape index (κ3) is 6.77. The van der Waals surface area contributed by atoms with Gasteiger partial charge in [-0.05, 0) is 83.4 Å². The van der Waals surface area contributed by atoms with E-state index in [1.165, 1.54) is 0 Å². The molecule has 1 unspecified atom stereocenters. The van der Waals surface area contributed by atoms with Crippen molar-refractivity contribution in [3.63, 3.8) is 0 Å². The zero-order valence-electron chi connectivity index (χ0n) is 22.8. The van der Waals surface area contributed by atoms with Crippen molar-refractivity contribution in [3.8, 4) is 28.8 Å². The number of hydrogen-bond donors (Lipinski definition) is 0. The molecule has 0 spiro atoms. The summed E-state index contributed by atoms with van der Waals surface area (Å²) in [6.45, 7) is 8.20. The molecule has 1 amide bonds. The average Bonchev–Trinajstić information content (AvgIpc) is 3.11. The van der Waals surface area contributed by atoms with E-state index >= 15 is 0 Å². The normalized spacial score (nSPS) is 15.7. The summed E-state index contributed by atoms with van der Waals surface area (Å²) in [5, 5.41) is 14.9. The van der Waals surface area contributed by atoms with E-state index in [0.29, 0.717) is 42.3 Å². The second-order valence-electron chi connectivity index (χ2n) is 10.4. The summed E-state index contributed by atoms with van der Waals surface area (Å²) in [5.74, 6) is 0.718. The molecule has 1 aliphatic rings. The van der Waals surface area contributed by atoms with Crippen LogP contribution in [0.25, 0.3) is 11.3 Å². The molecule has 1 fully saturated rings. The molecule has 9 nitrogen and oxygen atoms in total. The topological polar surface area (TPSA) is 107 Å². The van der Waals surface area contributed by atoms with Crippen LogP contribution in [0.1, 0.15) is 69.1 Å². The Hall–Kier alpha value is -4.32. The van der Waals surface area contributed by atoms with E-state index in [1.807, 2.05) is 51.1 Å². The van der Waals surface area contributed by atoms with Crippen LogP contribution in [-0.2, 0) is 9.47 Å². The molecule has 0 radical (unpaired) electrons. The standard InChI is InChI=1S/C30H34N4O5/c1-5-37-28(35)27-25(19-31)26(21-14-16-24(17-15-21)38-23-12-7-6-8-13-23)32-34(27)22-11-9-10-18-33(20-22)29(36)39-30(2,3)4/h6-8,12-17,22H,5,9-11,18,20H2,1-4H3. The van der Waals surface area contributed by atoms with Crippen LogP contribution in [-0.4, -0.2) is 52.0 Å². The summed E-state index contributed by atoms with van der Waals surface area (Å²) in [7, 11) is 0. The summed E-state index contributed by atoms with van der Waals surface area (Å²) >= 11 is 0. The maximum absolute atomic E-state index is 13.1. The highest BCUT2D eigenvalue weighted by atomic mass is 16.6. The Morgan fingerprint density at radius 3 is 2.38 bits per heavy atom. The van der Waals surface area contributed by atoms with Crippen molar-refractivity contribution in [3.05, 3.63) is 65.9 Å². The highest BCUT2D eigenvalue weighted by molar-refractivity contribution is 5.93. The van der Waals surface area contributed by atoms with Crippen LogP contribution in [0.3, 0.4) is 0 Å². The Kier molecular flexibility index (Phi) is 8.55. The monoisotopic (exact) mass is 530 g/mol. The van der Waals surface area contributed by atoms with E-state index in [0.717, 1.165) is 12.8 Å². The number of nitrogens with zero attached hydrogens (tertiary/aromatic N) is 4. The highest BCUT2D eigenvalue weighted by Crippen LogP contribution is 2.32. The molecule has 3 aromatic rings. The zero-order valence-corrected chi connectivity index (χ0v) is 22.8. The summed E-state index contributed by atoms with van der Waals surface area (Å²) in [4.78, 5) is 27.7. The van der Waals surface area contributed by atoms with Gasteiger partial charge < -0.3 is 19.1 Å². The minimum atomic E-state index is -0.627. The van der Waals surface area contributed by atoms with Crippen molar-refractivity contribution in [1.82, 2.24) is 14.7 Å². The van der Waals surface area contributed by atoms with Crippen molar-refractivity contribution in [1.29, 1.82) is 5.26 Å². The molecule has 204 valence electrons. The first kappa shape index (κ1) is 27.7. The van der Waals surface area contributed by atoms with E-state index in [2.05, 4.69) is 6.07 Å². The first-order valence-corrected chi connectivity index (χ1v) is 13.2. The smallest absolute Gasteiger partial charge is 0.410 e. The average molecular weight is 531 g/mol. The van der Waals surface area contributed by atoms with E-state index in [9.17, 15) is 14.9 Å². The van der Waals surface area contributed by atoms with Crippen LogP contribution in [0.2, 0.25) is 0 Å². The number of carbonyl (C=O) groups is 2. The summed E-state index contributed by atoms with van der Waals surface area (Å²) in [5.41, 5.74) is 0.639. The summed E-state index contributed by atoms with van der Waals surface area (Å²) in [6, 6.07) is 18.5. The first-order valence-electron chi connectivity index (χ1n) is 13.2. The minimum Gasteiger partial charge on any atom is -0.461 e. The van der Waals surface area contributed by atoms with Crippen molar-refractivity contribution in [2.45, 2.75) is 58.6 Å². The van der Waals surface area contributed by atoms with Crippen molar-refractivity contribution in [2.75, 3.05) is 19.7 Å². The lowest BCUT2D eigenvalue weighted by Gasteiger charge is -2.28. The predicted molar refractivity (Wildman–Crippen MR) is 146 cm³/mol. The molecule has 1 aliphatic heterocycles. The first-order chi connectivity index (χ1) is 18.7. The van der Waals surface area contributed by atoms with E-state index in [1.54, 1.807) is 40.8 Å². The molecular weight excluding hydrogens is 496 g/mol. The maximum atomic E-state index is 13.1. The molecule has 1 saturated heterocycles. The van der Waals surface area contributed by atoms with Crippen LogP contribution < -0.4 is 4.74 Å². The third-order valence-electron chi connectivity index (χ3n) is 6.24. The lowest BCUT2D eigenvalue weighted by atomic mass is 10.1. The molecule has 39 heavy (non-hydrogen) atoms. The number of aromatic nitrogens is 2. The molecule has 0 saturated carbocycles. The fourth-order valence-electron chi connectivity index (χ4n) is 4.52. The summed E-state index contributed by atoms with van der Waals surface area (Å²) in [6.07, 6.45) is 1.90. The number of hydrogen-bond acceptors (Lipinski definition) is 7. The minimum absolute atomic E-state index is 0.0926. The quantitative estimate of drug-likeness (QED) is 0.342. The molecule has 2 aromatic carbocycles. The highest BCUT2D eigenvalue weighted by Gasteiger charge is 2.33. The van der Waals surface area contributed by atoms with Crippen molar-refractivity contribution in [2.24, 2.45) is 0 Å². The number of nitriles is 1. The molecule has 1 atom stereocenters. The van der Waals surface area contributed by atoms with Gasteiger partial charge in [0.05, 0.1) is 12.6 Å². The molecule has 0 N–H and O–H groups in total.